The Balaban J connectivity index is 2.07. The van der Waals surface area contributed by atoms with E-state index >= 15 is 0 Å². The van der Waals surface area contributed by atoms with Gasteiger partial charge in [0.15, 0.2) is 9.84 Å². The average Bonchev–Trinajstić information content (AvgIpc) is 2.86. The molecule has 0 aliphatic carbocycles. The van der Waals surface area contributed by atoms with Crippen molar-refractivity contribution in [1.29, 1.82) is 0 Å². The summed E-state index contributed by atoms with van der Waals surface area (Å²) in [6.07, 6.45) is 1.95. The first-order chi connectivity index (χ1) is 9.37. The Kier molecular flexibility index (Phi) is 4.48. The van der Waals surface area contributed by atoms with E-state index in [0.29, 0.717) is 13.1 Å². The minimum Gasteiger partial charge on any atom is -0.342 e. The highest BCUT2D eigenvalue weighted by Gasteiger charge is 2.24. The maximum Gasteiger partial charge on any atom is 0.237 e. The molecule has 0 aromatic heterocycles. The number of rotatable bonds is 4. The second-order valence-electron chi connectivity index (χ2n) is 5.55. The van der Waals surface area contributed by atoms with Crippen molar-refractivity contribution >= 4 is 15.7 Å². The smallest absolute Gasteiger partial charge is 0.237 e. The van der Waals surface area contributed by atoms with Gasteiger partial charge in [-0.2, -0.15) is 0 Å². The molecule has 1 heterocycles. The van der Waals surface area contributed by atoms with E-state index in [9.17, 15) is 13.2 Å². The molecule has 0 N–H and O–H groups in total. The van der Waals surface area contributed by atoms with Gasteiger partial charge in [0.05, 0.1) is 5.75 Å². The minimum atomic E-state index is -3.40. The number of benzene rings is 1. The van der Waals surface area contributed by atoms with Gasteiger partial charge in [0.1, 0.15) is 5.75 Å². The van der Waals surface area contributed by atoms with Crippen LogP contribution >= 0.6 is 0 Å². The highest BCUT2D eigenvalue weighted by Crippen LogP contribution is 2.16. The summed E-state index contributed by atoms with van der Waals surface area (Å²) < 4.78 is 24.4. The molecule has 0 unspecified atom stereocenters. The van der Waals surface area contributed by atoms with Crippen LogP contribution in [-0.2, 0) is 20.4 Å². The summed E-state index contributed by atoms with van der Waals surface area (Å²) in [5.74, 6) is -0.687. The minimum absolute atomic E-state index is 0.0555. The topological polar surface area (TPSA) is 54.5 Å². The molecule has 1 amide bonds. The zero-order chi connectivity index (χ0) is 14.8. The van der Waals surface area contributed by atoms with Crippen LogP contribution in [0.15, 0.2) is 18.2 Å². The van der Waals surface area contributed by atoms with Gasteiger partial charge in [-0.25, -0.2) is 8.42 Å². The Morgan fingerprint density at radius 1 is 1.20 bits per heavy atom. The lowest BCUT2D eigenvalue weighted by atomic mass is 10.1. The highest BCUT2D eigenvalue weighted by atomic mass is 32.2. The first-order valence-corrected chi connectivity index (χ1v) is 8.74. The van der Waals surface area contributed by atoms with Crippen LogP contribution in [0.1, 0.15) is 29.5 Å². The van der Waals surface area contributed by atoms with Gasteiger partial charge in [-0.1, -0.05) is 23.8 Å². The monoisotopic (exact) mass is 295 g/mol. The average molecular weight is 295 g/mol. The fourth-order valence-electron chi connectivity index (χ4n) is 2.49. The molecule has 1 saturated heterocycles. The summed E-state index contributed by atoms with van der Waals surface area (Å²) in [7, 11) is -3.40. The third-order valence-corrected chi connectivity index (χ3v) is 5.12. The lowest BCUT2D eigenvalue weighted by molar-refractivity contribution is -0.127. The van der Waals surface area contributed by atoms with E-state index in [2.05, 4.69) is 0 Å². The number of hydrogen-bond donors (Lipinski definition) is 0. The molecule has 1 aliphatic heterocycles. The van der Waals surface area contributed by atoms with Crippen molar-refractivity contribution in [3.8, 4) is 0 Å². The van der Waals surface area contributed by atoms with Crippen LogP contribution in [0.5, 0.6) is 0 Å². The van der Waals surface area contributed by atoms with Crippen LogP contribution in [0.4, 0.5) is 0 Å². The van der Waals surface area contributed by atoms with Crippen molar-refractivity contribution in [2.75, 3.05) is 18.8 Å². The van der Waals surface area contributed by atoms with Crippen molar-refractivity contribution in [2.24, 2.45) is 0 Å². The molecule has 110 valence electrons. The first-order valence-electron chi connectivity index (χ1n) is 6.92. The first kappa shape index (κ1) is 15.0. The maximum absolute atomic E-state index is 12.2. The largest absolute Gasteiger partial charge is 0.342 e. The van der Waals surface area contributed by atoms with E-state index in [-0.39, 0.29) is 17.4 Å². The molecule has 2 rings (SSSR count). The number of carbonyl (C=O) groups excluding carboxylic acids is 1. The second-order valence-corrected chi connectivity index (χ2v) is 7.61. The molecule has 0 bridgehead atoms. The van der Waals surface area contributed by atoms with Crippen LogP contribution in [-0.4, -0.2) is 38.1 Å². The molecule has 1 aromatic rings. The lowest BCUT2D eigenvalue weighted by Gasteiger charge is -2.15. The standard InChI is InChI=1S/C15H21NO3S/c1-12-5-6-13(2)14(9-12)10-20(18,19)11-15(17)16-7-3-4-8-16/h5-6,9H,3-4,7-8,10-11H2,1-2H3. The number of sulfone groups is 1. The number of aryl methyl sites for hydroxylation is 2. The van der Waals surface area contributed by atoms with E-state index in [0.717, 1.165) is 29.5 Å². The highest BCUT2D eigenvalue weighted by molar-refractivity contribution is 7.91. The van der Waals surface area contributed by atoms with E-state index < -0.39 is 9.84 Å². The zero-order valence-electron chi connectivity index (χ0n) is 12.1. The van der Waals surface area contributed by atoms with Gasteiger partial charge in [-0.3, -0.25) is 4.79 Å². The van der Waals surface area contributed by atoms with Gasteiger partial charge in [0.25, 0.3) is 0 Å². The van der Waals surface area contributed by atoms with Gasteiger partial charge in [0.2, 0.25) is 5.91 Å². The molecule has 0 saturated carbocycles. The van der Waals surface area contributed by atoms with Crippen molar-refractivity contribution in [3.05, 3.63) is 34.9 Å². The van der Waals surface area contributed by atoms with Gasteiger partial charge in [-0.05, 0) is 37.8 Å². The molecular weight excluding hydrogens is 274 g/mol. The molecular formula is C15H21NO3S. The summed E-state index contributed by atoms with van der Waals surface area (Å²) in [5.41, 5.74) is 2.78. The van der Waals surface area contributed by atoms with E-state index in [4.69, 9.17) is 0 Å². The molecule has 0 atom stereocenters. The van der Waals surface area contributed by atoms with Crippen molar-refractivity contribution in [1.82, 2.24) is 4.90 Å². The Morgan fingerprint density at radius 2 is 1.85 bits per heavy atom. The Morgan fingerprint density at radius 3 is 2.50 bits per heavy atom. The van der Waals surface area contributed by atoms with Gasteiger partial charge >= 0.3 is 0 Å². The molecule has 20 heavy (non-hydrogen) atoms. The Labute approximate surface area is 120 Å². The Bertz CT molecular complexity index is 602. The van der Waals surface area contributed by atoms with Crippen LogP contribution < -0.4 is 0 Å². The molecule has 0 radical (unpaired) electrons. The predicted molar refractivity (Wildman–Crippen MR) is 79.2 cm³/mol. The fraction of sp³-hybridized carbons (Fsp3) is 0.533. The van der Waals surface area contributed by atoms with Crippen molar-refractivity contribution < 1.29 is 13.2 Å². The fourth-order valence-corrected chi connectivity index (χ4v) is 3.94. The lowest BCUT2D eigenvalue weighted by Crippen LogP contribution is -2.33. The van der Waals surface area contributed by atoms with Crippen LogP contribution in [0, 0.1) is 13.8 Å². The molecule has 1 fully saturated rings. The third kappa shape index (κ3) is 3.82. The molecule has 1 aliphatic rings. The third-order valence-electron chi connectivity index (χ3n) is 3.68. The van der Waals surface area contributed by atoms with Gasteiger partial charge in [0, 0.05) is 13.1 Å². The van der Waals surface area contributed by atoms with Gasteiger partial charge < -0.3 is 4.90 Å². The predicted octanol–water partition coefficient (Wildman–Crippen LogP) is 1.84. The summed E-state index contributed by atoms with van der Waals surface area (Å²) >= 11 is 0. The van der Waals surface area contributed by atoms with Crippen molar-refractivity contribution in [3.63, 3.8) is 0 Å². The maximum atomic E-state index is 12.2. The van der Waals surface area contributed by atoms with E-state index in [1.165, 1.54) is 0 Å². The molecule has 5 heteroatoms. The number of hydrogen-bond acceptors (Lipinski definition) is 3. The van der Waals surface area contributed by atoms with Gasteiger partial charge in [-0.15, -0.1) is 0 Å². The molecule has 1 aromatic carbocycles. The normalized spacial score (nSPS) is 15.6. The number of amides is 1. The molecule has 4 nitrogen and oxygen atoms in total. The molecule has 0 spiro atoms. The number of carbonyl (C=O) groups is 1. The SMILES string of the molecule is Cc1ccc(C)c(CS(=O)(=O)CC(=O)N2CCCC2)c1. The van der Waals surface area contributed by atoms with Crippen LogP contribution in [0.2, 0.25) is 0 Å². The van der Waals surface area contributed by atoms with E-state index in [1.54, 1.807) is 4.90 Å². The second kappa shape index (κ2) is 5.95. The number of likely N-dealkylation sites (tertiary alicyclic amines) is 1. The van der Waals surface area contributed by atoms with Crippen molar-refractivity contribution in [2.45, 2.75) is 32.4 Å². The number of nitrogens with zero attached hydrogens (tertiary/aromatic N) is 1. The summed E-state index contributed by atoms with van der Waals surface area (Å²) in [5, 5.41) is 0. The van der Waals surface area contributed by atoms with Crippen LogP contribution in [0.25, 0.3) is 0 Å². The summed E-state index contributed by atoms with van der Waals surface area (Å²) in [4.78, 5) is 13.6. The zero-order valence-corrected chi connectivity index (χ0v) is 12.9. The van der Waals surface area contributed by atoms with Crippen LogP contribution in [0.3, 0.4) is 0 Å². The van der Waals surface area contributed by atoms with E-state index in [1.807, 2.05) is 32.0 Å². The Hall–Kier alpha value is -1.36. The summed E-state index contributed by atoms with van der Waals surface area (Å²) in [6.45, 7) is 5.22. The summed E-state index contributed by atoms with van der Waals surface area (Å²) in [6, 6.07) is 5.76. The quantitative estimate of drug-likeness (QED) is 0.851.